The Kier molecular flexibility index (Phi) is 5.71. The molecule has 0 spiro atoms. The lowest BCUT2D eigenvalue weighted by Crippen LogP contribution is -2.46. The van der Waals surface area contributed by atoms with E-state index in [1.54, 1.807) is 4.90 Å². The molecule has 3 rings (SSSR count). The third-order valence-electron chi connectivity index (χ3n) is 5.05. The Bertz CT molecular complexity index is 783. The van der Waals surface area contributed by atoms with Gasteiger partial charge in [0, 0.05) is 19.5 Å². The second-order valence-corrected chi connectivity index (χ2v) is 6.68. The average Bonchev–Trinajstić information content (AvgIpc) is 2.70. The van der Waals surface area contributed by atoms with Crippen LogP contribution in [0.4, 0.5) is 0 Å². The van der Waals surface area contributed by atoms with Gasteiger partial charge >= 0.3 is 0 Å². The molecule has 0 unspecified atom stereocenters. The van der Waals surface area contributed by atoms with Gasteiger partial charge in [-0.2, -0.15) is 0 Å². The van der Waals surface area contributed by atoms with Crippen molar-refractivity contribution in [2.45, 2.75) is 45.7 Å². The van der Waals surface area contributed by atoms with E-state index in [1.165, 1.54) is 5.56 Å². The van der Waals surface area contributed by atoms with E-state index in [2.05, 4.69) is 24.4 Å². The predicted octanol–water partition coefficient (Wildman–Crippen LogP) is 3.40. The molecule has 4 nitrogen and oxygen atoms in total. The lowest BCUT2D eigenvalue weighted by atomic mass is 9.91. The number of fused-ring (bicyclic) bond motifs is 1. The second kappa shape index (κ2) is 8.17. The smallest absolute Gasteiger partial charge is 0.247 e. The van der Waals surface area contributed by atoms with E-state index < -0.39 is 6.04 Å². The molecule has 0 saturated carbocycles. The minimum absolute atomic E-state index is 0.0203. The van der Waals surface area contributed by atoms with E-state index in [-0.39, 0.29) is 11.8 Å². The van der Waals surface area contributed by atoms with E-state index >= 15 is 0 Å². The molecule has 2 aromatic rings. The van der Waals surface area contributed by atoms with Crippen LogP contribution in [0.3, 0.4) is 0 Å². The molecule has 1 heterocycles. The summed E-state index contributed by atoms with van der Waals surface area (Å²) in [6.45, 7) is 5.02. The van der Waals surface area contributed by atoms with Crippen LogP contribution in [0.1, 0.15) is 48.6 Å². The van der Waals surface area contributed by atoms with Crippen LogP contribution in [0.2, 0.25) is 0 Å². The zero-order valence-corrected chi connectivity index (χ0v) is 15.5. The number of carbonyl (C=O) groups excluding carboxylic acids is 2. The van der Waals surface area contributed by atoms with Crippen molar-refractivity contribution in [2.75, 3.05) is 6.54 Å². The molecule has 1 aliphatic heterocycles. The standard InChI is InChI=1S/C22H26N2O2/c1-3-16-9-11-17(12-10-16)15-23-22(26)21-19-8-6-5-7-18(19)13-14-24(21)20(25)4-2/h5-12,21H,3-4,13-15H2,1-2H3,(H,23,26)/t21-/m1/s1. The SMILES string of the molecule is CCC(=O)N1CCc2ccccc2[C@@H]1C(=O)NCc1ccc(CC)cc1. The van der Waals surface area contributed by atoms with Gasteiger partial charge in [0.05, 0.1) is 0 Å². The fourth-order valence-corrected chi connectivity index (χ4v) is 3.50. The first-order valence-electron chi connectivity index (χ1n) is 9.36. The van der Waals surface area contributed by atoms with E-state index in [9.17, 15) is 9.59 Å². The third-order valence-corrected chi connectivity index (χ3v) is 5.05. The molecular weight excluding hydrogens is 324 g/mol. The van der Waals surface area contributed by atoms with Crippen LogP contribution < -0.4 is 5.32 Å². The van der Waals surface area contributed by atoms with Gasteiger partial charge in [0.2, 0.25) is 11.8 Å². The van der Waals surface area contributed by atoms with Crippen molar-refractivity contribution in [1.29, 1.82) is 0 Å². The summed E-state index contributed by atoms with van der Waals surface area (Å²) in [6.07, 6.45) is 2.20. The Morgan fingerprint density at radius 3 is 2.42 bits per heavy atom. The molecule has 136 valence electrons. The Morgan fingerprint density at radius 2 is 1.73 bits per heavy atom. The number of aryl methyl sites for hydroxylation is 1. The Balaban J connectivity index is 1.78. The minimum atomic E-state index is -0.540. The van der Waals surface area contributed by atoms with Crippen molar-refractivity contribution in [1.82, 2.24) is 10.2 Å². The van der Waals surface area contributed by atoms with Crippen LogP contribution in [-0.2, 0) is 29.0 Å². The van der Waals surface area contributed by atoms with Crippen LogP contribution in [0.15, 0.2) is 48.5 Å². The van der Waals surface area contributed by atoms with Crippen LogP contribution in [0.5, 0.6) is 0 Å². The van der Waals surface area contributed by atoms with Crippen molar-refractivity contribution < 1.29 is 9.59 Å². The molecular formula is C22H26N2O2. The van der Waals surface area contributed by atoms with Crippen LogP contribution in [-0.4, -0.2) is 23.3 Å². The summed E-state index contributed by atoms with van der Waals surface area (Å²) in [6, 6.07) is 15.7. The Labute approximate surface area is 155 Å². The fourth-order valence-electron chi connectivity index (χ4n) is 3.50. The molecule has 2 aromatic carbocycles. The van der Waals surface area contributed by atoms with Gasteiger partial charge in [-0.25, -0.2) is 0 Å². The van der Waals surface area contributed by atoms with Crippen molar-refractivity contribution in [3.05, 3.63) is 70.8 Å². The van der Waals surface area contributed by atoms with Crippen molar-refractivity contribution >= 4 is 11.8 Å². The van der Waals surface area contributed by atoms with Crippen LogP contribution >= 0.6 is 0 Å². The van der Waals surface area contributed by atoms with Gasteiger partial charge < -0.3 is 10.2 Å². The van der Waals surface area contributed by atoms with E-state index in [4.69, 9.17) is 0 Å². The van der Waals surface area contributed by atoms with Gasteiger partial charge in [0.15, 0.2) is 0 Å². The van der Waals surface area contributed by atoms with Gasteiger partial charge in [-0.1, -0.05) is 62.4 Å². The van der Waals surface area contributed by atoms with E-state index in [0.717, 1.165) is 29.5 Å². The molecule has 0 fully saturated rings. The minimum Gasteiger partial charge on any atom is -0.350 e. The number of hydrogen-bond acceptors (Lipinski definition) is 2. The lowest BCUT2D eigenvalue weighted by molar-refractivity contribution is -0.141. The molecule has 1 N–H and O–H groups in total. The normalized spacial score (nSPS) is 16.1. The largest absolute Gasteiger partial charge is 0.350 e. The number of nitrogens with zero attached hydrogens (tertiary/aromatic N) is 1. The van der Waals surface area contributed by atoms with Gasteiger partial charge in [-0.05, 0) is 35.1 Å². The maximum Gasteiger partial charge on any atom is 0.247 e. The predicted molar refractivity (Wildman–Crippen MR) is 103 cm³/mol. The number of amides is 2. The first-order chi connectivity index (χ1) is 12.6. The van der Waals surface area contributed by atoms with E-state index in [0.29, 0.717) is 19.5 Å². The molecule has 0 bridgehead atoms. The van der Waals surface area contributed by atoms with Crippen molar-refractivity contribution in [3.63, 3.8) is 0 Å². The molecule has 1 aliphatic rings. The highest BCUT2D eigenvalue weighted by molar-refractivity contribution is 5.89. The van der Waals surface area contributed by atoms with Gasteiger partial charge in [0.1, 0.15) is 6.04 Å². The maximum atomic E-state index is 13.0. The molecule has 26 heavy (non-hydrogen) atoms. The zero-order chi connectivity index (χ0) is 18.5. The molecule has 0 aliphatic carbocycles. The zero-order valence-electron chi connectivity index (χ0n) is 15.5. The Morgan fingerprint density at radius 1 is 1.04 bits per heavy atom. The van der Waals surface area contributed by atoms with Crippen molar-refractivity contribution in [3.8, 4) is 0 Å². The summed E-state index contributed by atoms with van der Waals surface area (Å²) in [4.78, 5) is 27.1. The highest BCUT2D eigenvalue weighted by Crippen LogP contribution is 2.30. The molecule has 2 amide bonds. The number of nitrogens with one attached hydrogen (secondary N) is 1. The number of rotatable bonds is 5. The summed E-state index contributed by atoms with van der Waals surface area (Å²) >= 11 is 0. The summed E-state index contributed by atoms with van der Waals surface area (Å²) in [5, 5.41) is 3.02. The lowest BCUT2D eigenvalue weighted by Gasteiger charge is -2.36. The van der Waals surface area contributed by atoms with E-state index in [1.807, 2.05) is 43.3 Å². The summed E-state index contributed by atoms with van der Waals surface area (Å²) in [5.41, 5.74) is 4.44. The van der Waals surface area contributed by atoms with Gasteiger partial charge in [0.25, 0.3) is 0 Å². The quantitative estimate of drug-likeness (QED) is 0.898. The summed E-state index contributed by atoms with van der Waals surface area (Å²) < 4.78 is 0. The first-order valence-corrected chi connectivity index (χ1v) is 9.36. The topological polar surface area (TPSA) is 49.4 Å². The molecule has 1 atom stereocenters. The highest BCUT2D eigenvalue weighted by Gasteiger charge is 2.34. The Hall–Kier alpha value is -2.62. The van der Waals surface area contributed by atoms with Crippen LogP contribution in [0.25, 0.3) is 0 Å². The van der Waals surface area contributed by atoms with Crippen LogP contribution in [0, 0.1) is 0 Å². The van der Waals surface area contributed by atoms with Gasteiger partial charge in [-0.15, -0.1) is 0 Å². The molecule has 0 aromatic heterocycles. The average molecular weight is 350 g/mol. The van der Waals surface area contributed by atoms with Crippen molar-refractivity contribution in [2.24, 2.45) is 0 Å². The summed E-state index contributed by atoms with van der Waals surface area (Å²) in [7, 11) is 0. The molecule has 0 radical (unpaired) electrons. The molecule has 4 heteroatoms. The summed E-state index contributed by atoms with van der Waals surface area (Å²) in [5.74, 6) is -0.0922. The highest BCUT2D eigenvalue weighted by atomic mass is 16.2. The third kappa shape index (κ3) is 3.79. The second-order valence-electron chi connectivity index (χ2n) is 6.68. The maximum absolute atomic E-state index is 13.0. The fraction of sp³-hybridized carbons (Fsp3) is 0.364. The number of benzene rings is 2. The number of hydrogen-bond donors (Lipinski definition) is 1. The first kappa shape index (κ1) is 18.2. The monoisotopic (exact) mass is 350 g/mol. The number of carbonyl (C=O) groups is 2. The van der Waals surface area contributed by atoms with Gasteiger partial charge in [-0.3, -0.25) is 9.59 Å². The molecule has 0 saturated heterocycles.